The number of rotatable bonds is 6. The zero-order chi connectivity index (χ0) is 23.1. The van der Waals surface area contributed by atoms with Crippen LogP contribution in [-0.2, 0) is 11.3 Å². The van der Waals surface area contributed by atoms with E-state index in [1.54, 1.807) is 24.2 Å². The number of nitrogens with one attached hydrogen (secondary N) is 1. The molecule has 1 aromatic heterocycles. The number of likely N-dealkylation sites (tertiary alicyclic amines) is 1. The van der Waals surface area contributed by atoms with Crippen LogP contribution < -0.4 is 5.32 Å². The van der Waals surface area contributed by atoms with Crippen molar-refractivity contribution in [1.82, 2.24) is 14.9 Å². The summed E-state index contributed by atoms with van der Waals surface area (Å²) in [4.78, 5) is 24.0. The first kappa shape index (κ1) is 22.7. The molecule has 1 saturated heterocycles. The molecule has 1 aliphatic carbocycles. The minimum absolute atomic E-state index is 0.245. The largest absolute Gasteiger partial charge is 0.481 e. The van der Waals surface area contributed by atoms with E-state index < -0.39 is 5.97 Å². The smallest absolute Gasteiger partial charge is 0.306 e. The second-order valence-electron chi connectivity index (χ2n) is 10.5. The Bertz CT molecular complexity index is 1010. The summed E-state index contributed by atoms with van der Waals surface area (Å²) in [6.45, 7) is 9.86. The van der Waals surface area contributed by atoms with Gasteiger partial charge in [-0.1, -0.05) is 38.6 Å². The van der Waals surface area contributed by atoms with Gasteiger partial charge in [-0.25, -0.2) is 9.97 Å². The first-order chi connectivity index (χ1) is 15.9. The third-order valence-electron chi connectivity index (χ3n) is 8.17. The number of piperidine rings is 1. The molecule has 1 saturated carbocycles. The first-order valence-electron chi connectivity index (χ1n) is 12.2. The highest BCUT2D eigenvalue weighted by Gasteiger charge is 2.45. The fourth-order valence-corrected chi connectivity index (χ4v) is 7.24. The number of hydrogen-bond donors (Lipinski definition) is 2. The van der Waals surface area contributed by atoms with Crippen LogP contribution in [0.1, 0.15) is 45.6 Å². The van der Waals surface area contributed by atoms with Crippen LogP contribution >= 0.6 is 11.8 Å². The molecule has 5 atom stereocenters. The van der Waals surface area contributed by atoms with Crippen molar-refractivity contribution in [2.45, 2.75) is 56.5 Å². The Morgan fingerprint density at radius 2 is 1.94 bits per heavy atom. The highest BCUT2D eigenvalue weighted by Crippen LogP contribution is 2.48. The van der Waals surface area contributed by atoms with Crippen LogP contribution in [-0.4, -0.2) is 39.0 Å². The molecule has 7 heteroatoms. The highest BCUT2D eigenvalue weighted by atomic mass is 32.2. The lowest BCUT2D eigenvalue weighted by Crippen LogP contribution is -2.53. The van der Waals surface area contributed by atoms with Gasteiger partial charge in [-0.2, -0.15) is 0 Å². The third-order valence-corrected chi connectivity index (χ3v) is 9.24. The summed E-state index contributed by atoms with van der Waals surface area (Å²) in [5.41, 5.74) is 2.44. The molecule has 0 amide bonds. The average Bonchev–Trinajstić information content (AvgIpc) is 2.80. The van der Waals surface area contributed by atoms with E-state index in [1.165, 1.54) is 16.9 Å². The molecular weight excluding hydrogens is 432 g/mol. The van der Waals surface area contributed by atoms with E-state index >= 15 is 0 Å². The number of nitrogens with zero attached hydrogens (tertiary/aromatic N) is 3. The molecule has 3 aliphatic rings. The molecule has 2 aromatic rings. The van der Waals surface area contributed by atoms with Crippen molar-refractivity contribution in [3.8, 4) is 0 Å². The highest BCUT2D eigenvalue weighted by molar-refractivity contribution is 7.99. The molecule has 0 spiro atoms. The molecule has 2 N–H and O–H groups in total. The summed E-state index contributed by atoms with van der Waals surface area (Å²) in [5.74, 6) is 3.29. The van der Waals surface area contributed by atoms with Crippen LogP contribution in [0.3, 0.4) is 0 Å². The third kappa shape index (κ3) is 4.62. The van der Waals surface area contributed by atoms with E-state index in [9.17, 15) is 9.90 Å². The van der Waals surface area contributed by atoms with Gasteiger partial charge in [-0.15, -0.1) is 0 Å². The summed E-state index contributed by atoms with van der Waals surface area (Å²) in [7, 11) is 0. The van der Waals surface area contributed by atoms with Gasteiger partial charge in [0.15, 0.2) is 5.82 Å². The maximum atomic E-state index is 11.4. The van der Waals surface area contributed by atoms with E-state index in [2.05, 4.69) is 52.2 Å². The number of anilines is 2. The molecule has 176 valence electrons. The number of fused-ring (bicyclic) bond motifs is 4. The number of hydrogen-bond acceptors (Lipinski definition) is 6. The Morgan fingerprint density at radius 1 is 1.21 bits per heavy atom. The van der Waals surface area contributed by atoms with Crippen molar-refractivity contribution < 1.29 is 9.90 Å². The standard InChI is InChI=1S/C26H34N4O2S/c1-15(26(31)32)4-6-19-20-13-30(14-21(19)17(3)10-16(20)2)12-18-5-7-23-22(11-18)29-24-25(33-23)28-9-8-27-24/h5,7-9,11,15-17,19-21H,4,6,10,12-14H2,1-3H3,(H,27,29)(H,31,32)/t15?,16-,17-,19?,20?,21?/m1/s1. The zero-order valence-electron chi connectivity index (χ0n) is 19.7. The Hall–Kier alpha value is -2.12. The zero-order valence-corrected chi connectivity index (χ0v) is 20.5. The maximum absolute atomic E-state index is 11.4. The van der Waals surface area contributed by atoms with E-state index in [4.69, 9.17) is 0 Å². The van der Waals surface area contributed by atoms with Crippen molar-refractivity contribution in [1.29, 1.82) is 0 Å². The molecule has 3 unspecified atom stereocenters. The summed E-state index contributed by atoms with van der Waals surface area (Å²) in [6, 6.07) is 6.72. The molecule has 0 radical (unpaired) electrons. The molecule has 2 bridgehead atoms. The van der Waals surface area contributed by atoms with Crippen molar-refractivity contribution in [2.24, 2.45) is 35.5 Å². The van der Waals surface area contributed by atoms with Gasteiger partial charge in [-0.3, -0.25) is 9.69 Å². The Morgan fingerprint density at radius 3 is 2.67 bits per heavy atom. The molecule has 6 nitrogen and oxygen atoms in total. The molecule has 2 aliphatic heterocycles. The number of carboxylic acid groups (broad SMARTS) is 1. The Kier molecular flexibility index (Phi) is 6.36. The molecule has 33 heavy (non-hydrogen) atoms. The van der Waals surface area contributed by atoms with Crippen molar-refractivity contribution >= 4 is 29.2 Å². The maximum Gasteiger partial charge on any atom is 0.306 e. The number of benzene rings is 1. The normalized spacial score (nSPS) is 29.5. The monoisotopic (exact) mass is 466 g/mol. The van der Waals surface area contributed by atoms with Crippen molar-refractivity contribution in [3.63, 3.8) is 0 Å². The second kappa shape index (κ2) is 9.26. The van der Waals surface area contributed by atoms with Gasteiger partial charge in [-0.05, 0) is 66.5 Å². The van der Waals surface area contributed by atoms with Gasteiger partial charge in [0.2, 0.25) is 0 Å². The van der Waals surface area contributed by atoms with E-state index in [0.717, 1.165) is 49.0 Å². The number of aromatic nitrogens is 2. The van der Waals surface area contributed by atoms with Gasteiger partial charge >= 0.3 is 5.97 Å². The Balaban J connectivity index is 1.28. The van der Waals surface area contributed by atoms with Gasteiger partial charge < -0.3 is 10.4 Å². The fraction of sp³-hybridized carbons (Fsp3) is 0.577. The van der Waals surface area contributed by atoms with Crippen LogP contribution in [0.25, 0.3) is 0 Å². The lowest BCUT2D eigenvalue weighted by atomic mass is 9.59. The summed E-state index contributed by atoms with van der Waals surface area (Å²) < 4.78 is 0. The lowest BCUT2D eigenvalue weighted by Gasteiger charge is -2.53. The van der Waals surface area contributed by atoms with Crippen LogP contribution in [0.4, 0.5) is 11.5 Å². The second-order valence-corrected chi connectivity index (χ2v) is 11.5. The van der Waals surface area contributed by atoms with E-state index in [0.29, 0.717) is 29.6 Å². The minimum atomic E-state index is -0.661. The topological polar surface area (TPSA) is 78.3 Å². The fourth-order valence-electron chi connectivity index (χ4n) is 6.36. The number of carboxylic acids is 1. The lowest BCUT2D eigenvalue weighted by molar-refractivity contribution is -0.141. The molecule has 1 aromatic carbocycles. The van der Waals surface area contributed by atoms with Gasteiger partial charge in [0.05, 0.1) is 11.6 Å². The van der Waals surface area contributed by atoms with Crippen LogP contribution in [0, 0.1) is 35.5 Å². The van der Waals surface area contributed by atoms with E-state index in [1.807, 2.05) is 6.92 Å². The predicted octanol–water partition coefficient (Wildman–Crippen LogP) is 5.53. The van der Waals surface area contributed by atoms with Crippen LogP contribution in [0.5, 0.6) is 0 Å². The molecular formula is C26H34N4O2S. The Labute approximate surface area is 200 Å². The number of aliphatic carboxylic acids is 1. The summed E-state index contributed by atoms with van der Waals surface area (Å²) in [6.07, 6.45) is 6.60. The van der Waals surface area contributed by atoms with Crippen LogP contribution in [0.2, 0.25) is 0 Å². The number of carbonyl (C=O) groups is 1. The first-order valence-corrected chi connectivity index (χ1v) is 13.0. The van der Waals surface area contributed by atoms with Gasteiger partial charge in [0, 0.05) is 36.9 Å². The minimum Gasteiger partial charge on any atom is -0.481 e. The average molecular weight is 467 g/mol. The quantitative estimate of drug-likeness (QED) is 0.495. The SMILES string of the molecule is CC(CCC1C2CN(Cc3ccc4c(c3)Nc3nccnc3S4)CC1[C@H](C)C[C@H]2C)C(=O)O. The molecule has 5 rings (SSSR count). The predicted molar refractivity (Wildman–Crippen MR) is 131 cm³/mol. The molecule has 2 fully saturated rings. The molecule has 3 heterocycles. The van der Waals surface area contributed by atoms with Crippen molar-refractivity contribution in [3.05, 3.63) is 36.2 Å². The summed E-state index contributed by atoms with van der Waals surface area (Å²) >= 11 is 1.67. The summed E-state index contributed by atoms with van der Waals surface area (Å²) in [5, 5.41) is 13.7. The van der Waals surface area contributed by atoms with Crippen molar-refractivity contribution in [2.75, 3.05) is 18.4 Å². The van der Waals surface area contributed by atoms with E-state index in [-0.39, 0.29) is 5.92 Å². The van der Waals surface area contributed by atoms with Gasteiger partial charge in [0.1, 0.15) is 5.03 Å². The van der Waals surface area contributed by atoms with Crippen LogP contribution in [0.15, 0.2) is 40.5 Å². The van der Waals surface area contributed by atoms with Gasteiger partial charge in [0.25, 0.3) is 0 Å².